The molecule has 0 unspecified atom stereocenters. The molecule has 2 heterocycles. The molecule has 6 heteroatoms. The fraction of sp³-hybridized carbons (Fsp3) is 0.529. The number of ether oxygens (including phenoxy) is 2. The summed E-state index contributed by atoms with van der Waals surface area (Å²) in [7, 11) is 1.38. The SMILES string of the molecule is COC(=O)c1ccc(N2CCN([C@H]3CCOC3=O)[C@@H](C)C2)cc1. The molecule has 0 aromatic heterocycles. The first-order chi connectivity index (χ1) is 11.1. The highest BCUT2D eigenvalue weighted by atomic mass is 16.5. The number of benzene rings is 1. The number of anilines is 1. The van der Waals surface area contributed by atoms with E-state index in [1.165, 1.54) is 7.11 Å². The average Bonchev–Trinajstić information content (AvgIpc) is 3.00. The molecule has 0 bridgehead atoms. The summed E-state index contributed by atoms with van der Waals surface area (Å²) in [6.45, 7) is 5.21. The quantitative estimate of drug-likeness (QED) is 0.783. The minimum atomic E-state index is -0.325. The second-order valence-electron chi connectivity index (χ2n) is 6.04. The molecule has 2 atom stereocenters. The topological polar surface area (TPSA) is 59.1 Å². The van der Waals surface area contributed by atoms with Crippen LogP contribution < -0.4 is 4.90 Å². The van der Waals surface area contributed by atoms with Crippen LogP contribution in [0.2, 0.25) is 0 Å². The van der Waals surface area contributed by atoms with Gasteiger partial charge in [-0.15, -0.1) is 0 Å². The molecule has 6 nitrogen and oxygen atoms in total. The van der Waals surface area contributed by atoms with Crippen molar-refractivity contribution >= 4 is 17.6 Å². The monoisotopic (exact) mass is 318 g/mol. The van der Waals surface area contributed by atoms with Crippen molar-refractivity contribution < 1.29 is 19.1 Å². The summed E-state index contributed by atoms with van der Waals surface area (Å²) < 4.78 is 9.80. The van der Waals surface area contributed by atoms with Crippen molar-refractivity contribution in [1.82, 2.24) is 4.90 Å². The zero-order chi connectivity index (χ0) is 16.4. The molecule has 2 saturated heterocycles. The Bertz CT molecular complexity index is 587. The molecule has 23 heavy (non-hydrogen) atoms. The molecule has 0 spiro atoms. The number of hydrogen-bond acceptors (Lipinski definition) is 6. The van der Waals surface area contributed by atoms with Gasteiger partial charge < -0.3 is 14.4 Å². The minimum Gasteiger partial charge on any atom is -0.465 e. The largest absolute Gasteiger partial charge is 0.465 e. The van der Waals surface area contributed by atoms with Crippen LogP contribution in [0.5, 0.6) is 0 Å². The Morgan fingerprint density at radius 1 is 1.26 bits per heavy atom. The first kappa shape index (κ1) is 15.8. The molecule has 2 aliphatic rings. The van der Waals surface area contributed by atoms with Gasteiger partial charge in [-0.05, 0) is 31.2 Å². The van der Waals surface area contributed by atoms with Crippen molar-refractivity contribution in [3.8, 4) is 0 Å². The maximum atomic E-state index is 11.8. The number of cyclic esters (lactones) is 1. The Labute approximate surface area is 136 Å². The van der Waals surface area contributed by atoms with Crippen LogP contribution in [0, 0.1) is 0 Å². The molecule has 1 aromatic rings. The second kappa shape index (κ2) is 6.58. The molecular weight excluding hydrogens is 296 g/mol. The lowest BCUT2D eigenvalue weighted by Crippen LogP contribution is -2.56. The summed E-state index contributed by atoms with van der Waals surface area (Å²) in [5.41, 5.74) is 1.63. The Morgan fingerprint density at radius 3 is 2.57 bits per heavy atom. The van der Waals surface area contributed by atoms with Crippen molar-refractivity contribution in [3.05, 3.63) is 29.8 Å². The summed E-state index contributed by atoms with van der Waals surface area (Å²) in [5.74, 6) is -0.415. The molecule has 0 aliphatic carbocycles. The van der Waals surface area contributed by atoms with Gasteiger partial charge in [0.2, 0.25) is 0 Å². The predicted octanol–water partition coefficient (Wildman–Crippen LogP) is 1.30. The number of hydrogen-bond donors (Lipinski definition) is 0. The summed E-state index contributed by atoms with van der Waals surface area (Å²) in [6, 6.07) is 7.64. The minimum absolute atomic E-state index is 0.0890. The van der Waals surface area contributed by atoms with Crippen molar-refractivity contribution in [3.63, 3.8) is 0 Å². The summed E-state index contributed by atoms with van der Waals surface area (Å²) in [5, 5.41) is 0. The van der Waals surface area contributed by atoms with Gasteiger partial charge >= 0.3 is 11.9 Å². The number of methoxy groups -OCH3 is 1. The van der Waals surface area contributed by atoms with Crippen molar-refractivity contribution in [2.45, 2.75) is 25.4 Å². The smallest absolute Gasteiger partial charge is 0.337 e. The molecule has 1 aromatic carbocycles. The summed E-state index contributed by atoms with van der Waals surface area (Å²) in [4.78, 5) is 27.8. The fourth-order valence-electron chi connectivity index (χ4n) is 3.38. The van der Waals surface area contributed by atoms with E-state index in [4.69, 9.17) is 9.47 Å². The molecular formula is C17H22N2O4. The molecule has 0 saturated carbocycles. The normalized spacial score (nSPS) is 25.3. The van der Waals surface area contributed by atoms with Crippen LogP contribution in [0.3, 0.4) is 0 Å². The molecule has 2 fully saturated rings. The second-order valence-corrected chi connectivity index (χ2v) is 6.04. The lowest BCUT2D eigenvalue weighted by atomic mass is 10.1. The Morgan fingerprint density at radius 2 is 2.00 bits per heavy atom. The van der Waals surface area contributed by atoms with Gasteiger partial charge in [0, 0.05) is 37.8 Å². The number of nitrogens with zero attached hydrogens (tertiary/aromatic N) is 2. The van der Waals surface area contributed by atoms with Gasteiger partial charge in [-0.2, -0.15) is 0 Å². The Hall–Kier alpha value is -2.08. The number of esters is 2. The zero-order valence-corrected chi connectivity index (χ0v) is 13.5. The first-order valence-electron chi connectivity index (χ1n) is 7.96. The van der Waals surface area contributed by atoms with E-state index < -0.39 is 0 Å². The van der Waals surface area contributed by atoms with E-state index in [9.17, 15) is 9.59 Å². The molecule has 0 amide bonds. The van der Waals surface area contributed by atoms with Crippen LogP contribution in [-0.4, -0.2) is 62.3 Å². The fourth-order valence-corrected chi connectivity index (χ4v) is 3.38. The van der Waals surface area contributed by atoms with Gasteiger partial charge in [0.25, 0.3) is 0 Å². The molecule has 0 N–H and O–H groups in total. The zero-order valence-electron chi connectivity index (χ0n) is 13.5. The molecule has 0 radical (unpaired) electrons. The third-order valence-corrected chi connectivity index (χ3v) is 4.64. The third-order valence-electron chi connectivity index (χ3n) is 4.64. The van der Waals surface area contributed by atoms with Crippen molar-refractivity contribution in [2.75, 3.05) is 38.3 Å². The maximum absolute atomic E-state index is 11.8. The average molecular weight is 318 g/mol. The van der Waals surface area contributed by atoms with E-state index in [2.05, 4.69) is 16.7 Å². The highest BCUT2D eigenvalue weighted by Crippen LogP contribution is 2.24. The van der Waals surface area contributed by atoms with Gasteiger partial charge in [-0.1, -0.05) is 0 Å². The van der Waals surface area contributed by atoms with E-state index in [-0.39, 0.29) is 24.0 Å². The molecule has 124 valence electrons. The maximum Gasteiger partial charge on any atom is 0.337 e. The van der Waals surface area contributed by atoms with E-state index in [1.54, 1.807) is 12.1 Å². The van der Waals surface area contributed by atoms with Crippen LogP contribution in [0.1, 0.15) is 23.7 Å². The Kier molecular flexibility index (Phi) is 4.52. The van der Waals surface area contributed by atoms with Gasteiger partial charge in [0.1, 0.15) is 6.04 Å². The standard InChI is InChI=1S/C17H22N2O4/c1-12-11-18(8-9-19(12)15-7-10-23-17(15)21)14-5-3-13(4-6-14)16(20)22-2/h3-6,12,15H,7-11H2,1-2H3/t12-,15-/m0/s1. The van der Waals surface area contributed by atoms with Crippen LogP contribution in [0.25, 0.3) is 0 Å². The van der Waals surface area contributed by atoms with Crippen LogP contribution in [-0.2, 0) is 14.3 Å². The van der Waals surface area contributed by atoms with Crippen LogP contribution in [0.15, 0.2) is 24.3 Å². The number of rotatable bonds is 3. The highest BCUT2D eigenvalue weighted by Gasteiger charge is 2.37. The molecule has 2 aliphatic heterocycles. The summed E-state index contributed by atoms with van der Waals surface area (Å²) >= 11 is 0. The van der Waals surface area contributed by atoms with E-state index in [1.807, 2.05) is 12.1 Å². The van der Waals surface area contributed by atoms with E-state index >= 15 is 0 Å². The van der Waals surface area contributed by atoms with Gasteiger partial charge in [-0.3, -0.25) is 9.69 Å². The third kappa shape index (κ3) is 3.17. The van der Waals surface area contributed by atoms with E-state index in [0.29, 0.717) is 12.2 Å². The molecule has 3 rings (SSSR count). The Balaban J connectivity index is 1.65. The van der Waals surface area contributed by atoms with Crippen molar-refractivity contribution in [1.29, 1.82) is 0 Å². The number of carbonyl (C=O) groups is 2. The summed E-state index contributed by atoms with van der Waals surface area (Å²) in [6.07, 6.45) is 0.789. The van der Waals surface area contributed by atoms with Crippen molar-refractivity contribution in [2.24, 2.45) is 0 Å². The van der Waals surface area contributed by atoms with E-state index in [0.717, 1.165) is 31.7 Å². The van der Waals surface area contributed by atoms with Gasteiger partial charge in [0.15, 0.2) is 0 Å². The highest BCUT2D eigenvalue weighted by molar-refractivity contribution is 5.89. The van der Waals surface area contributed by atoms with Gasteiger partial charge in [-0.25, -0.2) is 4.79 Å². The lowest BCUT2D eigenvalue weighted by Gasteiger charge is -2.42. The van der Waals surface area contributed by atoms with Crippen LogP contribution >= 0.6 is 0 Å². The lowest BCUT2D eigenvalue weighted by molar-refractivity contribution is -0.143. The predicted molar refractivity (Wildman–Crippen MR) is 85.5 cm³/mol. The van der Waals surface area contributed by atoms with Crippen LogP contribution in [0.4, 0.5) is 5.69 Å². The number of carbonyl (C=O) groups excluding carboxylic acids is 2. The first-order valence-corrected chi connectivity index (χ1v) is 7.96. The van der Waals surface area contributed by atoms with Gasteiger partial charge in [0.05, 0.1) is 19.3 Å². The number of piperazine rings is 1.